The van der Waals surface area contributed by atoms with Crippen LogP contribution in [0.15, 0.2) is 11.1 Å². The summed E-state index contributed by atoms with van der Waals surface area (Å²) in [5, 5.41) is 5.82. The highest BCUT2D eigenvalue weighted by Gasteiger charge is 2.40. The van der Waals surface area contributed by atoms with Gasteiger partial charge in [-0.15, -0.1) is 0 Å². The van der Waals surface area contributed by atoms with E-state index in [1.165, 1.54) is 19.1 Å². The van der Waals surface area contributed by atoms with Crippen molar-refractivity contribution >= 4 is 16.6 Å². The Balaban J connectivity index is 3.03. The number of anilines is 1. The monoisotopic (exact) mass is 287 g/mol. The lowest BCUT2D eigenvalue weighted by atomic mass is 10.6. The van der Waals surface area contributed by atoms with Gasteiger partial charge >= 0.3 is 5.51 Å². The van der Waals surface area contributed by atoms with Crippen molar-refractivity contribution < 1.29 is 26.9 Å². The van der Waals surface area contributed by atoms with Crippen molar-refractivity contribution in [3.63, 3.8) is 0 Å². The summed E-state index contributed by atoms with van der Waals surface area (Å²) < 4.78 is 58.1. The van der Waals surface area contributed by atoms with Crippen molar-refractivity contribution in [3.05, 3.63) is 6.20 Å². The summed E-state index contributed by atoms with van der Waals surface area (Å²) >= 11 is 0. The predicted octanol–water partition coefficient (Wildman–Crippen LogP) is 1.05. The molecule has 1 N–H and O–H groups in total. The van der Waals surface area contributed by atoms with Crippen LogP contribution in [0.2, 0.25) is 0 Å². The molecule has 0 saturated heterocycles. The van der Waals surface area contributed by atoms with Crippen molar-refractivity contribution in [3.8, 4) is 0 Å². The van der Waals surface area contributed by atoms with E-state index < -0.39 is 21.2 Å². The number of rotatable bonds is 6. The summed E-state index contributed by atoms with van der Waals surface area (Å²) in [5.41, 5.74) is -4.84. The van der Waals surface area contributed by atoms with Gasteiger partial charge in [0.25, 0.3) is 0 Å². The van der Waals surface area contributed by atoms with Crippen LogP contribution in [0.5, 0.6) is 0 Å². The van der Waals surface area contributed by atoms with Gasteiger partial charge in [-0.1, -0.05) is 0 Å². The molecule has 0 saturated carbocycles. The Bertz CT molecular complexity index is 404. The number of aromatic amines is 1. The van der Waals surface area contributed by atoms with Crippen LogP contribution in [-0.2, 0) is 20.3 Å². The fourth-order valence-electron chi connectivity index (χ4n) is 1.23. The second-order valence-electron chi connectivity index (χ2n) is 3.17. The van der Waals surface area contributed by atoms with Crippen molar-refractivity contribution in [2.45, 2.75) is 10.4 Å². The average molecular weight is 287 g/mol. The van der Waals surface area contributed by atoms with Gasteiger partial charge in [0.1, 0.15) is 24.2 Å². The number of halogens is 3. The van der Waals surface area contributed by atoms with Crippen LogP contribution in [0, 0.1) is 0 Å². The SMILES string of the molecule is COCN(COC)c1[nH]ncc1S(=O)C(F)(F)F. The molecule has 18 heavy (non-hydrogen) atoms. The number of hydrogen-bond acceptors (Lipinski definition) is 5. The molecule has 0 fully saturated rings. The highest BCUT2D eigenvalue weighted by molar-refractivity contribution is 7.86. The zero-order valence-corrected chi connectivity index (χ0v) is 10.5. The Morgan fingerprint density at radius 2 is 1.94 bits per heavy atom. The quantitative estimate of drug-likeness (QED) is 0.792. The van der Waals surface area contributed by atoms with E-state index in [1.807, 2.05) is 0 Å². The lowest BCUT2D eigenvalue weighted by Crippen LogP contribution is -2.30. The summed E-state index contributed by atoms with van der Waals surface area (Å²) in [7, 11) is -0.407. The number of nitrogens with one attached hydrogen (secondary N) is 1. The van der Waals surface area contributed by atoms with E-state index in [-0.39, 0.29) is 19.3 Å². The molecule has 1 heterocycles. The van der Waals surface area contributed by atoms with Crippen molar-refractivity contribution in [1.29, 1.82) is 0 Å². The molecule has 0 radical (unpaired) electrons. The van der Waals surface area contributed by atoms with Gasteiger partial charge in [-0.2, -0.15) is 18.3 Å². The molecule has 1 atom stereocenters. The molecule has 0 aliphatic carbocycles. The zero-order valence-electron chi connectivity index (χ0n) is 9.65. The van der Waals surface area contributed by atoms with Crippen molar-refractivity contribution in [1.82, 2.24) is 10.2 Å². The number of H-pyrrole nitrogens is 1. The molecule has 1 rings (SSSR count). The van der Waals surface area contributed by atoms with E-state index in [9.17, 15) is 17.4 Å². The Morgan fingerprint density at radius 3 is 2.39 bits per heavy atom. The van der Waals surface area contributed by atoms with Gasteiger partial charge in [0, 0.05) is 14.2 Å². The van der Waals surface area contributed by atoms with Gasteiger partial charge in [-0.05, 0) is 0 Å². The second-order valence-corrected chi connectivity index (χ2v) is 4.61. The summed E-state index contributed by atoms with van der Waals surface area (Å²) in [6.45, 7) is -0.0593. The van der Waals surface area contributed by atoms with Crippen LogP contribution in [0.4, 0.5) is 19.0 Å². The van der Waals surface area contributed by atoms with Gasteiger partial charge < -0.3 is 14.4 Å². The van der Waals surface area contributed by atoms with Crippen LogP contribution in [0.25, 0.3) is 0 Å². The molecule has 1 aromatic rings. The number of nitrogens with zero attached hydrogens (tertiary/aromatic N) is 2. The number of ether oxygens (including phenoxy) is 2. The minimum absolute atomic E-state index is 0.0297. The molecule has 0 aliphatic heterocycles. The molecule has 0 aliphatic rings. The number of aromatic nitrogens is 2. The summed E-state index contributed by atoms with van der Waals surface area (Å²) in [6, 6.07) is 0. The highest BCUT2D eigenvalue weighted by atomic mass is 32.2. The largest absolute Gasteiger partial charge is 0.476 e. The predicted molar refractivity (Wildman–Crippen MR) is 57.3 cm³/mol. The first-order chi connectivity index (χ1) is 8.41. The van der Waals surface area contributed by atoms with Gasteiger partial charge in [-0.25, -0.2) is 4.21 Å². The van der Waals surface area contributed by atoms with Crippen LogP contribution in [-0.4, -0.2) is 47.6 Å². The number of methoxy groups -OCH3 is 2. The molecule has 10 heteroatoms. The molecule has 1 unspecified atom stereocenters. The van der Waals surface area contributed by atoms with Crippen LogP contribution < -0.4 is 4.90 Å². The Morgan fingerprint density at radius 1 is 1.39 bits per heavy atom. The van der Waals surface area contributed by atoms with Crippen molar-refractivity contribution in [2.75, 3.05) is 32.6 Å². The van der Waals surface area contributed by atoms with Crippen LogP contribution in [0.1, 0.15) is 0 Å². The van der Waals surface area contributed by atoms with Gasteiger partial charge in [0.15, 0.2) is 10.8 Å². The minimum Gasteiger partial charge on any atom is -0.364 e. The average Bonchev–Trinajstić information content (AvgIpc) is 2.75. The molecule has 0 aromatic carbocycles. The van der Waals surface area contributed by atoms with Crippen LogP contribution in [0.3, 0.4) is 0 Å². The summed E-state index contributed by atoms with van der Waals surface area (Å²) in [6.07, 6.45) is 0.872. The summed E-state index contributed by atoms with van der Waals surface area (Å²) in [4.78, 5) is 0.836. The maximum Gasteiger partial charge on any atom is 0.476 e. The molecule has 1 aromatic heterocycles. The maximum absolute atomic E-state index is 12.4. The third kappa shape index (κ3) is 3.43. The highest BCUT2D eigenvalue weighted by Crippen LogP contribution is 2.31. The van der Waals surface area contributed by atoms with E-state index in [2.05, 4.69) is 10.2 Å². The first kappa shape index (κ1) is 14.9. The van der Waals surface area contributed by atoms with E-state index in [4.69, 9.17) is 9.47 Å². The van der Waals surface area contributed by atoms with Gasteiger partial charge in [0.05, 0.1) is 6.20 Å². The minimum atomic E-state index is -4.84. The third-order valence-corrected chi connectivity index (χ3v) is 3.00. The molecular formula is C8H12F3N3O3S. The van der Waals surface area contributed by atoms with Gasteiger partial charge in [0.2, 0.25) is 0 Å². The van der Waals surface area contributed by atoms with Crippen LogP contribution >= 0.6 is 0 Å². The van der Waals surface area contributed by atoms with E-state index in [0.29, 0.717) is 0 Å². The molecule has 6 nitrogen and oxygen atoms in total. The summed E-state index contributed by atoms with van der Waals surface area (Å²) in [5.74, 6) is -0.0469. The van der Waals surface area contributed by atoms with Crippen molar-refractivity contribution in [2.24, 2.45) is 0 Å². The Labute approximate surface area is 104 Å². The van der Waals surface area contributed by atoms with Gasteiger partial charge in [-0.3, -0.25) is 5.10 Å². The normalized spacial score (nSPS) is 13.6. The Kier molecular flexibility index (Phi) is 5.11. The lowest BCUT2D eigenvalue weighted by Gasteiger charge is -2.21. The lowest BCUT2D eigenvalue weighted by molar-refractivity contribution is -0.0384. The van der Waals surface area contributed by atoms with E-state index in [1.54, 1.807) is 0 Å². The zero-order chi connectivity index (χ0) is 13.8. The standard InChI is InChI=1S/C8H12F3N3O3S/c1-16-4-14(5-17-2)7-6(3-12-13-7)18(15)8(9,10)11/h3H,4-5H2,1-2H3,(H,12,13). The molecule has 0 amide bonds. The first-order valence-corrected chi connectivity index (χ1v) is 5.81. The molecule has 104 valence electrons. The number of hydrogen-bond donors (Lipinski definition) is 1. The second kappa shape index (κ2) is 6.16. The fraction of sp³-hybridized carbons (Fsp3) is 0.625. The third-order valence-electron chi connectivity index (χ3n) is 1.88. The topological polar surface area (TPSA) is 67.5 Å². The Hall–Kier alpha value is -1.13. The number of alkyl halides is 3. The molecule has 0 bridgehead atoms. The van der Waals surface area contributed by atoms with E-state index >= 15 is 0 Å². The fourth-order valence-corrected chi connectivity index (χ4v) is 1.98. The smallest absolute Gasteiger partial charge is 0.364 e. The molecular weight excluding hydrogens is 275 g/mol. The van der Waals surface area contributed by atoms with E-state index in [0.717, 1.165) is 6.20 Å². The molecule has 0 spiro atoms. The first-order valence-electron chi connectivity index (χ1n) is 4.66. The maximum atomic E-state index is 12.4.